The molecule has 3 atom stereocenters. The van der Waals surface area contributed by atoms with Gasteiger partial charge in [-0.15, -0.1) is 0 Å². The Morgan fingerprint density at radius 3 is 2.76 bits per heavy atom. The molecule has 2 rings (SSSR count). The summed E-state index contributed by atoms with van der Waals surface area (Å²) in [6.45, 7) is 4.96. The fraction of sp³-hybridized carbons (Fsp3) is 0.929. The van der Waals surface area contributed by atoms with E-state index in [-0.39, 0.29) is 5.92 Å². The third-order valence-electron chi connectivity index (χ3n) is 4.64. The molecule has 17 heavy (non-hydrogen) atoms. The van der Waals surface area contributed by atoms with Crippen LogP contribution >= 0.6 is 0 Å². The Morgan fingerprint density at radius 1 is 1.29 bits per heavy atom. The number of carbonyl (C=O) groups excluding carboxylic acids is 1. The van der Waals surface area contributed by atoms with Gasteiger partial charge in [-0.05, 0) is 44.1 Å². The molecule has 3 nitrogen and oxygen atoms in total. The quantitative estimate of drug-likeness (QED) is 0.817. The summed E-state index contributed by atoms with van der Waals surface area (Å²) in [5.74, 6) is 2.02. The minimum Gasteiger partial charge on any atom is -0.342 e. The van der Waals surface area contributed by atoms with Gasteiger partial charge in [0.05, 0.1) is 0 Å². The summed E-state index contributed by atoms with van der Waals surface area (Å²) in [7, 11) is 0. The van der Waals surface area contributed by atoms with E-state index in [2.05, 4.69) is 11.8 Å². The van der Waals surface area contributed by atoms with Crippen LogP contribution in [-0.4, -0.2) is 30.4 Å². The topological polar surface area (TPSA) is 46.3 Å². The van der Waals surface area contributed by atoms with Crippen LogP contribution in [0.5, 0.6) is 0 Å². The van der Waals surface area contributed by atoms with Crippen LogP contribution in [0, 0.1) is 17.8 Å². The van der Waals surface area contributed by atoms with Crippen LogP contribution in [0.4, 0.5) is 0 Å². The molecule has 0 radical (unpaired) electrons. The van der Waals surface area contributed by atoms with E-state index in [0.29, 0.717) is 11.8 Å². The van der Waals surface area contributed by atoms with Gasteiger partial charge in [-0.1, -0.05) is 19.8 Å². The molecule has 0 spiro atoms. The van der Waals surface area contributed by atoms with Crippen LogP contribution in [0.1, 0.15) is 45.4 Å². The molecule has 0 bridgehead atoms. The van der Waals surface area contributed by atoms with Crippen LogP contribution in [0.3, 0.4) is 0 Å². The highest BCUT2D eigenvalue weighted by molar-refractivity contribution is 5.79. The number of hydrogen-bond donors (Lipinski definition) is 1. The molecular formula is C14H26N2O. The van der Waals surface area contributed by atoms with Crippen molar-refractivity contribution in [2.24, 2.45) is 23.5 Å². The van der Waals surface area contributed by atoms with E-state index in [1.54, 1.807) is 0 Å². The predicted molar refractivity (Wildman–Crippen MR) is 69.5 cm³/mol. The fourth-order valence-corrected chi connectivity index (χ4v) is 3.35. The van der Waals surface area contributed by atoms with Crippen LogP contribution in [0.2, 0.25) is 0 Å². The molecule has 1 aliphatic carbocycles. The molecule has 1 amide bonds. The number of carbonyl (C=O) groups is 1. The summed E-state index contributed by atoms with van der Waals surface area (Å²) in [6, 6.07) is 0. The van der Waals surface area contributed by atoms with Crippen molar-refractivity contribution in [3.05, 3.63) is 0 Å². The van der Waals surface area contributed by atoms with Crippen molar-refractivity contribution in [3.63, 3.8) is 0 Å². The molecule has 2 aliphatic rings. The normalized spacial score (nSPS) is 34.0. The monoisotopic (exact) mass is 238 g/mol. The number of likely N-dealkylation sites (tertiary alicyclic amines) is 1. The molecule has 0 aromatic rings. The first kappa shape index (κ1) is 12.9. The van der Waals surface area contributed by atoms with Gasteiger partial charge in [0.1, 0.15) is 0 Å². The number of hydrogen-bond acceptors (Lipinski definition) is 2. The van der Waals surface area contributed by atoms with Crippen molar-refractivity contribution in [2.45, 2.75) is 45.4 Å². The Labute approximate surface area is 105 Å². The van der Waals surface area contributed by atoms with Crippen LogP contribution < -0.4 is 5.73 Å². The highest BCUT2D eigenvalue weighted by Crippen LogP contribution is 2.31. The first-order chi connectivity index (χ1) is 8.24. The minimum absolute atomic E-state index is 0.271. The maximum atomic E-state index is 12.4. The average Bonchev–Trinajstić information content (AvgIpc) is 2.86. The molecule has 1 heterocycles. The fourth-order valence-electron chi connectivity index (χ4n) is 3.35. The van der Waals surface area contributed by atoms with Gasteiger partial charge >= 0.3 is 0 Å². The Hall–Kier alpha value is -0.570. The summed E-state index contributed by atoms with van der Waals surface area (Å²) < 4.78 is 0. The molecule has 3 unspecified atom stereocenters. The van der Waals surface area contributed by atoms with Crippen molar-refractivity contribution < 1.29 is 4.79 Å². The summed E-state index contributed by atoms with van der Waals surface area (Å²) >= 11 is 0. The standard InChI is InChI=1S/C14H26N2O/c1-2-11-6-7-16(10-11)14(17)13-5-3-4-12(8-13)9-15/h11-13H,2-10,15H2,1H3. The molecule has 0 aromatic carbocycles. The number of nitrogens with zero attached hydrogens (tertiary/aromatic N) is 1. The zero-order valence-corrected chi connectivity index (χ0v) is 11.0. The molecule has 3 heteroatoms. The maximum absolute atomic E-state index is 12.4. The molecule has 2 fully saturated rings. The first-order valence-electron chi connectivity index (χ1n) is 7.23. The highest BCUT2D eigenvalue weighted by atomic mass is 16.2. The second kappa shape index (κ2) is 5.85. The van der Waals surface area contributed by atoms with Gasteiger partial charge in [0.2, 0.25) is 5.91 Å². The summed E-state index contributed by atoms with van der Waals surface area (Å²) in [5, 5.41) is 0. The molecule has 1 saturated carbocycles. The molecule has 1 aliphatic heterocycles. The lowest BCUT2D eigenvalue weighted by molar-refractivity contribution is -0.136. The Bertz CT molecular complexity index is 267. The van der Waals surface area contributed by atoms with Crippen molar-refractivity contribution in [1.82, 2.24) is 4.90 Å². The number of amides is 1. The van der Waals surface area contributed by atoms with E-state index in [0.717, 1.165) is 38.4 Å². The van der Waals surface area contributed by atoms with Crippen molar-refractivity contribution in [3.8, 4) is 0 Å². The second-order valence-electron chi connectivity index (χ2n) is 5.81. The Kier molecular flexibility index (Phi) is 4.43. The third-order valence-corrected chi connectivity index (χ3v) is 4.64. The van der Waals surface area contributed by atoms with Gasteiger partial charge in [-0.3, -0.25) is 4.79 Å². The van der Waals surface area contributed by atoms with Crippen LogP contribution in [0.15, 0.2) is 0 Å². The average molecular weight is 238 g/mol. The van der Waals surface area contributed by atoms with E-state index >= 15 is 0 Å². The lowest BCUT2D eigenvalue weighted by Gasteiger charge is -2.30. The summed E-state index contributed by atoms with van der Waals surface area (Å²) in [5.41, 5.74) is 5.74. The summed E-state index contributed by atoms with van der Waals surface area (Å²) in [4.78, 5) is 14.5. The largest absolute Gasteiger partial charge is 0.342 e. The second-order valence-corrected chi connectivity index (χ2v) is 5.81. The van der Waals surface area contributed by atoms with E-state index in [1.807, 2.05) is 0 Å². The smallest absolute Gasteiger partial charge is 0.225 e. The third kappa shape index (κ3) is 3.01. The molecule has 98 valence electrons. The lowest BCUT2D eigenvalue weighted by Crippen LogP contribution is -2.37. The lowest BCUT2D eigenvalue weighted by atomic mass is 9.81. The molecule has 0 aromatic heterocycles. The van der Waals surface area contributed by atoms with Crippen LogP contribution in [-0.2, 0) is 4.79 Å². The molecule has 2 N–H and O–H groups in total. The SMILES string of the molecule is CCC1CCN(C(=O)C2CCCC(CN)C2)C1. The van der Waals surface area contributed by atoms with Crippen molar-refractivity contribution >= 4 is 5.91 Å². The zero-order valence-electron chi connectivity index (χ0n) is 11.0. The summed E-state index contributed by atoms with van der Waals surface area (Å²) in [6.07, 6.45) is 6.93. The minimum atomic E-state index is 0.271. The van der Waals surface area contributed by atoms with E-state index in [9.17, 15) is 4.79 Å². The van der Waals surface area contributed by atoms with Gasteiger partial charge in [0.15, 0.2) is 0 Å². The van der Waals surface area contributed by atoms with Gasteiger partial charge in [-0.25, -0.2) is 0 Å². The number of rotatable bonds is 3. The van der Waals surface area contributed by atoms with Gasteiger partial charge in [-0.2, -0.15) is 0 Å². The number of nitrogens with two attached hydrogens (primary N) is 1. The van der Waals surface area contributed by atoms with Gasteiger partial charge in [0, 0.05) is 19.0 Å². The zero-order chi connectivity index (χ0) is 12.3. The highest BCUT2D eigenvalue weighted by Gasteiger charge is 2.32. The molecular weight excluding hydrogens is 212 g/mol. The van der Waals surface area contributed by atoms with Crippen molar-refractivity contribution in [1.29, 1.82) is 0 Å². The Balaban J connectivity index is 1.87. The van der Waals surface area contributed by atoms with Crippen molar-refractivity contribution in [2.75, 3.05) is 19.6 Å². The predicted octanol–water partition coefficient (Wildman–Crippen LogP) is 2.01. The van der Waals surface area contributed by atoms with E-state index < -0.39 is 0 Å². The van der Waals surface area contributed by atoms with Crippen LogP contribution in [0.25, 0.3) is 0 Å². The van der Waals surface area contributed by atoms with Gasteiger partial charge < -0.3 is 10.6 Å². The van der Waals surface area contributed by atoms with Gasteiger partial charge in [0.25, 0.3) is 0 Å². The maximum Gasteiger partial charge on any atom is 0.225 e. The van der Waals surface area contributed by atoms with E-state index in [4.69, 9.17) is 5.73 Å². The van der Waals surface area contributed by atoms with E-state index in [1.165, 1.54) is 25.7 Å². The molecule has 1 saturated heterocycles. The first-order valence-corrected chi connectivity index (χ1v) is 7.23. The Morgan fingerprint density at radius 2 is 2.12 bits per heavy atom.